The van der Waals surface area contributed by atoms with Crippen molar-refractivity contribution in [2.24, 2.45) is 0 Å². The van der Waals surface area contributed by atoms with E-state index >= 15 is 0 Å². The molecule has 4 heteroatoms. The minimum atomic E-state index is -4.47. The van der Waals surface area contributed by atoms with E-state index < -0.39 is 11.7 Å². The zero-order valence-electron chi connectivity index (χ0n) is 10.7. The third-order valence-corrected chi connectivity index (χ3v) is 2.44. The monoisotopic (exact) mass is 278 g/mol. The van der Waals surface area contributed by atoms with E-state index in [1.54, 1.807) is 12.2 Å². The van der Waals surface area contributed by atoms with Gasteiger partial charge in [0.2, 0.25) is 0 Å². The largest absolute Gasteiger partial charge is 0.416 e. The molecule has 1 aromatic carbocycles. The maximum atomic E-state index is 12.8. The van der Waals surface area contributed by atoms with Gasteiger partial charge >= 0.3 is 6.18 Å². The first kappa shape index (κ1) is 15.7. The molecule has 0 aliphatic carbocycles. The van der Waals surface area contributed by atoms with E-state index in [9.17, 15) is 18.0 Å². The van der Waals surface area contributed by atoms with Crippen LogP contribution in [0, 0.1) is 0 Å². The Morgan fingerprint density at radius 2 is 1.90 bits per heavy atom. The molecule has 0 saturated carbocycles. The van der Waals surface area contributed by atoms with Gasteiger partial charge in [0.15, 0.2) is 0 Å². The summed E-state index contributed by atoms with van der Waals surface area (Å²) in [5, 5.41) is 0. The summed E-state index contributed by atoms with van der Waals surface area (Å²) in [7, 11) is 0. The molecule has 0 N–H and O–H groups in total. The molecular weight excluding hydrogens is 265 g/mol. The Morgan fingerprint density at radius 3 is 2.45 bits per heavy atom. The molecule has 0 aliphatic heterocycles. The number of carbonyl (C=O) groups excluding carboxylic acids is 1. The maximum Gasteiger partial charge on any atom is 0.416 e. The normalized spacial score (nSPS) is 11.9. The Balaban J connectivity index is 3.17. The van der Waals surface area contributed by atoms with Gasteiger partial charge in [-0.2, -0.15) is 13.2 Å². The molecule has 0 unspecified atom stereocenters. The highest BCUT2D eigenvalue weighted by Gasteiger charge is 2.32. The van der Waals surface area contributed by atoms with Crippen LogP contribution in [0.25, 0.3) is 6.08 Å². The van der Waals surface area contributed by atoms with Crippen molar-refractivity contribution in [2.45, 2.75) is 6.18 Å². The van der Waals surface area contributed by atoms with Crippen molar-refractivity contribution >= 4 is 12.4 Å². The summed E-state index contributed by atoms with van der Waals surface area (Å²) in [6, 6.07) is 3.22. The van der Waals surface area contributed by atoms with Gasteiger partial charge in [0.05, 0.1) is 5.56 Å². The van der Waals surface area contributed by atoms with Crippen LogP contribution in [-0.2, 0) is 6.18 Å². The van der Waals surface area contributed by atoms with Crippen LogP contribution < -0.4 is 0 Å². The number of benzene rings is 1. The van der Waals surface area contributed by atoms with Crippen LogP contribution in [0.3, 0.4) is 0 Å². The molecule has 0 saturated heterocycles. The van der Waals surface area contributed by atoms with Gasteiger partial charge in [-0.15, -0.1) is 0 Å². The van der Waals surface area contributed by atoms with E-state index in [0.29, 0.717) is 11.9 Å². The quantitative estimate of drug-likeness (QED) is 0.557. The van der Waals surface area contributed by atoms with Crippen LogP contribution in [0.2, 0.25) is 0 Å². The van der Waals surface area contributed by atoms with E-state index in [1.807, 2.05) is 0 Å². The average Bonchev–Trinajstić information content (AvgIpc) is 2.41. The molecule has 104 valence electrons. The molecule has 0 aromatic heterocycles. The van der Waals surface area contributed by atoms with E-state index in [4.69, 9.17) is 0 Å². The highest BCUT2D eigenvalue weighted by molar-refractivity contribution is 5.77. The van der Waals surface area contributed by atoms with Crippen LogP contribution in [0.1, 0.15) is 21.5 Å². The smallest absolute Gasteiger partial charge is 0.298 e. The number of carbonyl (C=O) groups is 1. The summed E-state index contributed by atoms with van der Waals surface area (Å²) in [6.45, 7) is 7.15. The minimum absolute atomic E-state index is 0.0738. The van der Waals surface area contributed by atoms with Crippen molar-refractivity contribution in [3.63, 3.8) is 0 Å². The van der Waals surface area contributed by atoms with Crippen molar-refractivity contribution < 1.29 is 18.0 Å². The summed E-state index contributed by atoms with van der Waals surface area (Å²) in [6.07, 6.45) is 3.53. The molecule has 0 fully saturated rings. The molecule has 1 aromatic rings. The number of rotatable bonds is 5. The molecule has 0 spiro atoms. The van der Waals surface area contributed by atoms with Crippen molar-refractivity contribution in [1.29, 1.82) is 0 Å². The molecule has 1 nitrogen and oxygen atoms in total. The van der Waals surface area contributed by atoms with Crippen LogP contribution in [0.5, 0.6) is 0 Å². The maximum absolute atomic E-state index is 12.8. The molecule has 0 aliphatic rings. The molecule has 20 heavy (non-hydrogen) atoms. The predicted octanol–water partition coefficient (Wildman–Crippen LogP) is 4.83. The first-order valence-electron chi connectivity index (χ1n) is 5.71. The average molecular weight is 278 g/mol. The summed E-state index contributed by atoms with van der Waals surface area (Å²) >= 11 is 0. The van der Waals surface area contributed by atoms with Crippen LogP contribution in [0.15, 0.2) is 61.2 Å². The van der Waals surface area contributed by atoms with Gasteiger partial charge in [0.25, 0.3) is 0 Å². The lowest BCUT2D eigenvalue weighted by Crippen LogP contribution is -2.07. The Kier molecular flexibility index (Phi) is 5.26. The molecule has 1 rings (SSSR count). The molecule has 0 radical (unpaired) electrons. The van der Waals surface area contributed by atoms with Crippen molar-refractivity contribution in [3.05, 3.63) is 77.9 Å². The number of halogens is 3. The standard InChI is InChI=1S/C16H13F3O/c1-3-4-5-12(2)6-8-14-10-13(11-20)7-9-15(14)16(17,18)19/h3-11H,1-2H2/b5-4-,8-6+. The fraction of sp³-hybridized carbons (Fsp3) is 0.0625. The van der Waals surface area contributed by atoms with E-state index in [-0.39, 0.29) is 11.1 Å². The number of hydrogen-bond donors (Lipinski definition) is 0. The number of alkyl halides is 3. The van der Waals surface area contributed by atoms with Gasteiger partial charge in [-0.3, -0.25) is 4.79 Å². The van der Waals surface area contributed by atoms with Crippen molar-refractivity contribution in [2.75, 3.05) is 0 Å². The number of hydrogen-bond acceptors (Lipinski definition) is 1. The Labute approximate surface area is 115 Å². The third kappa shape index (κ3) is 4.39. The van der Waals surface area contributed by atoms with Crippen molar-refractivity contribution in [1.82, 2.24) is 0 Å². The Morgan fingerprint density at radius 1 is 1.20 bits per heavy atom. The zero-order chi connectivity index (χ0) is 15.2. The van der Waals surface area contributed by atoms with E-state index in [2.05, 4.69) is 13.2 Å². The highest BCUT2D eigenvalue weighted by atomic mass is 19.4. The number of allylic oxidation sites excluding steroid dienone is 5. The van der Waals surface area contributed by atoms with Gasteiger partial charge < -0.3 is 0 Å². The van der Waals surface area contributed by atoms with Gasteiger partial charge in [0.1, 0.15) is 6.29 Å². The van der Waals surface area contributed by atoms with Gasteiger partial charge in [-0.25, -0.2) is 0 Å². The second kappa shape index (κ2) is 6.70. The van der Waals surface area contributed by atoms with Crippen LogP contribution >= 0.6 is 0 Å². The zero-order valence-corrected chi connectivity index (χ0v) is 10.7. The van der Waals surface area contributed by atoms with Crippen LogP contribution in [-0.4, -0.2) is 6.29 Å². The second-order valence-corrected chi connectivity index (χ2v) is 3.97. The molecule has 0 heterocycles. The Bertz CT molecular complexity index is 578. The molecule has 0 atom stereocenters. The first-order valence-corrected chi connectivity index (χ1v) is 5.71. The fourth-order valence-corrected chi connectivity index (χ4v) is 1.49. The van der Waals surface area contributed by atoms with E-state index in [0.717, 1.165) is 12.1 Å². The topological polar surface area (TPSA) is 17.1 Å². The predicted molar refractivity (Wildman–Crippen MR) is 74.3 cm³/mol. The third-order valence-electron chi connectivity index (χ3n) is 2.44. The minimum Gasteiger partial charge on any atom is -0.298 e. The van der Waals surface area contributed by atoms with Gasteiger partial charge in [0, 0.05) is 5.56 Å². The fourth-order valence-electron chi connectivity index (χ4n) is 1.49. The summed E-state index contributed by atoms with van der Waals surface area (Å²) in [4.78, 5) is 10.7. The van der Waals surface area contributed by atoms with Crippen molar-refractivity contribution in [3.8, 4) is 0 Å². The Hall–Kier alpha value is -2.36. The van der Waals surface area contributed by atoms with E-state index in [1.165, 1.54) is 24.3 Å². The lowest BCUT2D eigenvalue weighted by Gasteiger charge is -2.10. The SMILES string of the molecule is C=C/C=C\C(=C)/C=C/c1cc(C=O)ccc1C(F)(F)F. The first-order chi connectivity index (χ1) is 9.38. The summed E-state index contributed by atoms with van der Waals surface area (Å²) in [5.74, 6) is 0. The van der Waals surface area contributed by atoms with Crippen LogP contribution in [0.4, 0.5) is 13.2 Å². The lowest BCUT2D eigenvalue weighted by molar-refractivity contribution is -0.137. The molecule has 0 amide bonds. The molecular formula is C16H13F3O. The molecule has 0 bridgehead atoms. The lowest BCUT2D eigenvalue weighted by atomic mass is 10.0. The highest BCUT2D eigenvalue weighted by Crippen LogP contribution is 2.33. The second-order valence-electron chi connectivity index (χ2n) is 3.97. The van der Waals surface area contributed by atoms with Gasteiger partial charge in [-0.05, 0) is 23.3 Å². The van der Waals surface area contributed by atoms with Gasteiger partial charge in [-0.1, -0.05) is 49.6 Å². The number of aldehydes is 1. The summed E-state index contributed by atoms with van der Waals surface area (Å²) in [5.41, 5.74) is -0.158. The summed E-state index contributed by atoms with van der Waals surface area (Å²) < 4.78 is 38.5.